The van der Waals surface area contributed by atoms with Gasteiger partial charge >= 0.3 is 0 Å². The Morgan fingerprint density at radius 1 is 1.25 bits per heavy atom. The summed E-state index contributed by atoms with van der Waals surface area (Å²) in [6.45, 7) is 0.225. The molecule has 7 heteroatoms. The van der Waals surface area contributed by atoms with E-state index in [1.54, 1.807) is 18.5 Å². The zero-order chi connectivity index (χ0) is 19.5. The van der Waals surface area contributed by atoms with Gasteiger partial charge in [0.05, 0.1) is 6.20 Å². The zero-order valence-electron chi connectivity index (χ0n) is 15.6. The molecule has 2 aliphatic carbocycles. The second-order valence-electron chi connectivity index (χ2n) is 7.58. The molecule has 0 spiro atoms. The first-order valence-corrected chi connectivity index (χ1v) is 9.77. The topological polar surface area (TPSA) is 75.2 Å². The molecule has 28 heavy (non-hydrogen) atoms. The Hall–Kier alpha value is -2.83. The number of fused-ring (bicyclic) bond motifs is 1. The number of ketones is 1. The van der Waals surface area contributed by atoms with Crippen LogP contribution in [0.2, 0.25) is 0 Å². The van der Waals surface area contributed by atoms with Gasteiger partial charge in [-0.2, -0.15) is 0 Å². The molecule has 6 nitrogen and oxygen atoms in total. The molecule has 2 heterocycles. The number of hydrogen-bond donors (Lipinski definition) is 1. The third-order valence-corrected chi connectivity index (χ3v) is 5.69. The predicted molar refractivity (Wildman–Crippen MR) is 103 cm³/mol. The number of nitrogens with zero attached hydrogens (tertiary/aromatic N) is 3. The summed E-state index contributed by atoms with van der Waals surface area (Å²) in [7, 11) is 0. The van der Waals surface area contributed by atoms with Crippen LogP contribution in [-0.4, -0.2) is 39.1 Å². The Morgan fingerprint density at radius 3 is 2.82 bits per heavy atom. The van der Waals surface area contributed by atoms with E-state index in [0.717, 1.165) is 12.8 Å². The van der Waals surface area contributed by atoms with Crippen molar-refractivity contribution in [3.63, 3.8) is 0 Å². The molecule has 1 fully saturated rings. The monoisotopic (exact) mass is 382 g/mol. The molecule has 4 rings (SSSR count). The fraction of sp³-hybridized carbons (Fsp3) is 0.429. The van der Waals surface area contributed by atoms with Crippen LogP contribution in [0.5, 0.6) is 0 Å². The maximum absolute atomic E-state index is 14.3. The molecule has 1 aromatic heterocycles. The molecule has 1 saturated carbocycles. The maximum atomic E-state index is 14.3. The van der Waals surface area contributed by atoms with Gasteiger partial charge < -0.3 is 10.2 Å². The number of amides is 1. The normalized spacial score (nSPS) is 20.8. The lowest BCUT2D eigenvalue weighted by Gasteiger charge is -2.31. The van der Waals surface area contributed by atoms with Crippen molar-refractivity contribution >= 4 is 17.5 Å². The molecule has 0 unspecified atom stereocenters. The van der Waals surface area contributed by atoms with Crippen LogP contribution < -0.4 is 5.32 Å². The fourth-order valence-corrected chi connectivity index (χ4v) is 4.21. The van der Waals surface area contributed by atoms with Crippen LogP contribution in [0, 0.1) is 5.92 Å². The van der Waals surface area contributed by atoms with Gasteiger partial charge in [-0.25, -0.2) is 9.37 Å². The van der Waals surface area contributed by atoms with E-state index in [1.807, 2.05) is 4.90 Å². The van der Waals surface area contributed by atoms with E-state index in [2.05, 4.69) is 15.3 Å². The van der Waals surface area contributed by atoms with Crippen molar-refractivity contribution in [1.82, 2.24) is 14.9 Å². The summed E-state index contributed by atoms with van der Waals surface area (Å²) in [5, 5.41) is 2.83. The summed E-state index contributed by atoms with van der Waals surface area (Å²) in [5.41, 5.74) is 1.03. The molecule has 1 aliphatic heterocycles. The van der Waals surface area contributed by atoms with Crippen molar-refractivity contribution in [2.24, 2.45) is 5.92 Å². The van der Waals surface area contributed by atoms with Crippen molar-refractivity contribution in [2.45, 2.75) is 44.6 Å². The van der Waals surface area contributed by atoms with Gasteiger partial charge in [0, 0.05) is 30.7 Å². The van der Waals surface area contributed by atoms with Crippen LogP contribution in [0.15, 0.2) is 53.9 Å². The molecular formula is C21H23FN4O2. The summed E-state index contributed by atoms with van der Waals surface area (Å²) in [5.74, 6) is -0.656. The molecule has 0 aromatic carbocycles. The highest BCUT2D eigenvalue weighted by Crippen LogP contribution is 2.34. The highest BCUT2D eigenvalue weighted by atomic mass is 19.1. The van der Waals surface area contributed by atoms with E-state index in [1.165, 1.54) is 37.7 Å². The Bertz CT molecular complexity index is 856. The van der Waals surface area contributed by atoms with Gasteiger partial charge in [-0.15, -0.1) is 0 Å². The highest BCUT2D eigenvalue weighted by Gasteiger charge is 2.34. The van der Waals surface area contributed by atoms with Gasteiger partial charge in [0.25, 0.3) is 0 Å². The number of anilines is 1. The van der Waals surface area contributed by atoms with E-state index < -0.39 is 17.7 Å². The number of allylic oxidation sites excluding steroid dienone is 3. The Kier molecular flexibility index (Phi) is 5.32. The third-order valence-electron chi connectivity index (χ3n) is 5.69. The van der Waals surface area contributed by atoms with Crippen molar-refractivity contribution in [3.8, 4) is 0 Å². The number of aromatic nitrogens is 2. The molecule has 1 N–H and O–H groups in total. The number of halogens is 1. The van der Waals surface area contributed by atoms with Crippen LogP contribution in [0.3, 0.4) is 0 Å². The average molecular weight is 382 g/mol. The van der Waals surface area contributed by atoms with Gasteiger partial charge in [-0.3, -0.25) is 14.6 Å². The van der Waals surface area contributed by atoms with E-state index in [-0.39, 0.29) is 12.5 Å². The summed E-state index contributed by atoms with van der Waals surface area (Å²) in [4.78, 5) is 34.7. The van der Waals surface area contributed by atoms with Crippen LogP contribution in [0.4, 0.5) is 10.2 Å². The van der Waals surface area contributed by atoms with Gasteiger partial charge in [-0.1, -0.05) is 32.1 Å². The third kappa shape index (κ3) is 3.88. The number of rotatable bonds is 5. The lowest BCUT2D eigenvalue weighted by atomic mass is 9.84. The molecule has 0 bridgehead atoms. The van der Waals surface area contributed by atoms with Gasteiger partial charge in [-0.05, 0) is 30.1 Å². The first kappa shape index (κ1) is 18.5. The maximum Gasteiger partial charge on any atom is 0.248 e. The van der Waals surface area contributed by atoms with Crippen LogP contribution >= 0.6 is 0 Å². The Balaban J connectivity index is 1.56. The Labute approximate surface area is 163 Å². The average Bonchev–Trinajstić information content (AvgIpc) is 3.15. The fourth-order valence-electron chi connectivity index (χ4n) is 4.21. The molecule has 0 saturated heterocycles. The van der Waals surface area contributed by atoms with Crippen LogP contribution in [0.1, 0.15) is 38.5 Å². The summed E-state index contributed by atoms with van der Waals surface area (Å²) in [6, 6.07) is -0.452. The minimum Gasteiger partial charge on any atom is -0.361 e. The van der Waals surface area contributed by atoms with Crippen molar-refractivity contribution in [1.29, 1.82) is 0 Å². The standard InChI is InChI=1S/C21H23FN4O2/c22-20-16-13-26(12-15(16)6-7-18(20)27)17(10-14-4-2-1-3-5-14)21(28)25-19-11-23-8-9-24-19/h6-9,11-12,14,17H,1-5,10,13H2,(H,24,25,28)/t17-/m0/s1. The first-order valence-electron chi connectivity index (χ1n) is 9.77. The van der Waals surface area contributed by atoms with Crippen molar-refractivity contribution < 1.29 is 14.0 Å². The smallest absolute Gasteiger partial charge is 0.248 e. The number of carbonyl (C=O) groups excluding carboxylic acids is 2. The van der Waals surface area contributed by atoms with Crippen LogP contribution in [0.25, 0.3) is 0 Å². The zero-order valence-corrected chi connectivity index (χ0v) is 15.6. The number of hydrogen-bond acceptors (Lipinski definition) is 5. The molecule has 1 atom stereocenters. The van der Waals surface area contributed by atoms with Gasteiger partial charge in [0.1, 0.15) is 6.04 Å². The number of carbonyl (C=O) groups is 2. The van der Waals surface area contributed by atoms with Crippen molar-refractivity contribution in [3.05, 3.63) is 53.9 Å². The highest BCUT2D eigenvalue weighted by molar-refractivity contribution is 6.05. The van der Waals surface area contributed by atoms with E-state index in [0.29, 0.717) is 29.3 Å². The quantitative estimate of drug-likeness (QED) is 0.846. The summed E-state index contributed by atoms with van der Waals surface area (Å²) >= 11 is 0. The second-order valence-corrected chi connectivity index (χ2v) is 7.58. The minimum atomic E-state index is -0.720. The molecule has 3 aliphatic rings. The minimum absolute atomic E-state index is 0.183. The van der Waals surface area contributed by atoms with Crippen LogP contribution in [-0.2, 0) is 9.59 Å². The molecule has 1 amide bonds. The van der Waals surface area contributed by atoms with E-state index >= 15 is 0 Å². The largest absolute Gasteiger partial charge is 0.361 e. The van der Waals surface area contributed by atoms with Crippen molar-refractivity contribution in [2.75, 3.05) is 11.9 Å². The van der Waals surface area contributed by atoms with E-state index in [9.17, 15) is 14.0 Å². The number of nitrogens with one attached hydrogen (secondary N) is 1. The first-order chi connectivity index (χ1) is 13.6. The molecule has 0 radical (unpaired) electrons. The SMILES string of the molecule is O=C1C=CC2=CN([C@@H](CC3CCCCC3)C(=O)Nc3cnccn3)CC2=C1F. The summed E-state index contributed by atoms with van der Waals surface area (Å²) in [6.07, 6.45) is 15.7. The predicted octanol–water partition coefficient (Wildman–Crippen LogP) is 3.32. The molecule has 1 aromatic rings. The van der Waals surface area contributed by atoms with E-state index in [4.69, 9.17) is 0 Å². The second kappa shape index (κ2) is 8.04. The molecule has 146 valence electrons. The lowest BCUT2D eigenvalue weighted by molar-refractivity contribution is -0.121. The van der Waals surface area contributed by atoms with Gasteiger partial charge in [0.2, 0.25) is 11.7 Å². The Morgan fingerprint density at radius 2 is 2.07 bits per heavy atom. The van der Waals surface area contributed by atoms with Gasteiger partial charge in [0.15, 0.2) is 11.6 Å². The lowest BCUT2D eigenvalue weighted by Crippen LogP contribution is -2.42. The molecular weight excluding hydrogens is 359 g/mol. The summed E-state index contributed by atoms with van der Waals surface area (Å²) < 4.78 is 14.3.